The number of amides is 1. The number of hydroxylamine groups is 1. The summed E-state index contributed by atoms with van der Waals surface area (Å²) < 4.78 is 0. The lowest BCUT2D eigenvalue weighted by atomic mass is 10.7. The summed E-state index contributed by atoms with van der Waals surface area (Å²) in [5, 5.41) is 0. The number of carbonyl (C=O) groups excluding carboxylic acids is 1. The van der Waals surface area contributed by atoms with Gasteiger partial charge >= 0.3 is 0 Å². The van der Waals surface area contributed by atoms with E-state index in [0.717, 1.165) is 0 Å². The lowest BCUT2D eigenvalue weighted by Crippen LogP contribution is -2.16. The van der Waals surface area contributed by atoms with Crippen LogP contribution < -0.4 is 5.48 Å². The van der Waals surface area contributed by atoms with Crippen LogP contribution in [0.4, 0.5) is 0 Å². The van der Waals surface area contributed by atoms with Gasteiger partial charge in [-0.15, -0.1) is 0 Å². The third kappa shape index (κ3) is 5.01. The molecule has 0 aromatic heterocycles. The highest BCUT2D eigenvalue weighted by molar-refractivity contribution is 5.71. The van der Waals surface area contributed by atoms with E-state index < -0.39 is 0 Å². The molecule has 0 aromatic carbocycles. The van der Waals surface area contributed by atoms with Gasteiger partial charge in [0.25, 0.3) is 0 Å². The van der Waals surface area contributed by atoms with Crippen molar-refractivity contribution < 1.29 is 9.63 Å². The fourth-order valence-corrected chi connectivity index (χ4v) is 0.185. The van der Waals surface area contributed by atoms with Gasteiger partial charge in [0, 0.05) is 6.92 Å². The lowest BCUT2D eigenvalue weighted by Gasteiger charge is -1.94. The van der Waals surface area contributed by atoms with Crippen LogP contribution in [0.2, 0.25) is 0 Å². The molecular formula is C5H9NO2. The topological polar surface area (TPSA) is 38.3 Å². The first kappa shape index (κ1) is 7.01. The van der Waals surface area contributed by atoms with Gasteiger partial charge in [-0.1, -0.05) is 0 Å². The van der Waals surface area contributed by atoms with Crippen LogP contribution in [0.15, 0.2) is 12.3 Å². The quantitative estimate of drug-likeness (QED) is 0.422. The molecule has 0 bridgehead atoms. The summed E-state index contributed by atoms with van der Waals surface area (Å²) in [7, 11) is 0. The second kappa shape index (κ2) is 4.18. The van der Waals surface area contributed by atoms with Crippen LogP contribution in [0, 0.1) is 0 Å². The first-order valence-corrected chi connectivity index (χ1v) is 2.30. The normalized spacial score (nSPS) is 9.25. The number of allylic oxidation sites excluding steroid dienone is 1. The van der Waals surface area contributed by atoms with E-state index in [1.807, 2.05) is 0 Å². The van der Waals surface area contributed by atoms with Crippen molar-refractivity contribution in [3.8, 4) is 0 Å². The highest BCUT2D eigenvalue weighted by atomic mass is 16.6. The Kier molecular flexibility index (Phi) is 3.66. The van der Waals surface area contributed by atoms with Gasteiger partial charge in [0.05, 0.1) is 0 Å². The first-order valence-electron chi connectivity index (χ1n) is 2.30. The van der Waals surface area contributed by atoms with E-state index in [9.17, 15) is 4.79 Å². The van der Waals surface area contributed by atoms with Crippen molar-refractivity contribution in [2.75, 3.05) is 0 Å². The summed E-state index contributed by atoms with van der Waals surface area (Å²) in [6.45, 7) is 3.17. The van der Waals surface area contributed by atoms with E-state index in [1.54, 1.807) is 13.0 Å². The van der Waals surface area contributed by atoms with Crippen molar-refractivity contribution in [2.24, 2.45) is 0 Å². The monoisotopic (exact) mass is 115 g/mol. The van der Waals surface area contributed by atoms with Crippen LogP contribution in [-0.2, 0) is 9.63 Å². The van der Waals surface area contributed by atoms with Gasteiger partial charge in [0.1, 0.15) is 6.26 Å². The Morgan fingerprint density at radius 3 is 2.75 bits per heavy atom. The average molecular weight is 115 g/mol. The molecule has 0 atom stereocenters. The predicted molar refractivity (Wildman–Crippen MR) is 29.7 cm³/mol. The zero-order chi connectivity index (χ0) is 6.41. The Morgan fingerprint density at radius 1 is 1.75 bits per heavy atom. The molecule has 0 aromatic rings. The van der Waals surface area contributed by atoms with E-state index >= 15 is 0 Å². The summed E-state index contributed by atoms with van der Waals surface area (Å²) >= 11 is 0. The molecular weight excluding hydrogens is 106 g/mol. The number of hydrogen-bond acceptors (Lipinski definition) is 2. The molecule has 1 N–H and O–H groups in total. The van der Waals surface area contributed by atoms with Gasteiger partial charge in [-0.2, -0.15) is 5.48 Å². The Balaban J connectivity index is 3.05. The van der Waals surface area contributed by atoms with Crippen molar-refractivity contribution in [1.82, 2.24) is 5.48 Å². The molecule has 3 heteroatoms. The third-order valence-corrected chi connectivity index (χ3v) is 0.407. The van der Waals surface area contributed by atoms with Crippen molar-refractivity contribution in [2.45, 2.75) is 13.8 Å². The minimum atomic E-state index is -0.205. The lowest BCUT2D eigenvalue weighted by molar-refractivity contribution is -0.127. The second-order valence-corrected chi connectivity index (χ2v) is 1.25. The molecule has 0 fully saturated rings. The first-order chi connectivity index (χ1) is 3.77. The fourth-order valence-electron chi connectivity index (χ4n) is 0.185. The molecule has 46 valence electrons. The summed E-state index contributed by atoms with van der Waals surface area (Å²) in [4.78, 5) is 14.5. The molecule has 1 amide bonds. The van der Waals surface area contributed by atoms with Crippen LogP contribution in [0.25, 0.3) is 0 Å². The smallest absolute Gasteiger partial charge is 0.249 e. The highest BCUT2D eigenvalue weighted by Crippen LogP contribution is 1.69. The number of carbonyl (C=O) groups is 1. The molecule has 0 spiro atoms. The second-order valence-electron chi connectivity index (χ2n) is 1.25. The van der Waals surface area contributed by atoms with Gasteiger partial charge in [0.2, 0.25) is 5.91 Å². The summed E-state index contributed by atoms with van der Waals surface area (Å²) in [5.74, 6) is -0.205. The molecule has 0 unspecified atom stereocenters. The standard InChI is InChI=1S/C5H9NO2/c1-3-4-8-6-5(2)7/h3-4H,1-2H3,(H,6,7)/b4-3+. The van der Waals surface area contributed by atoms with E-state index in [-0.39, 0.29) is 5.91 Å². The SMILES string of the molecule is C/C=C/ONC(C)=O. The molecule has 0 aliphatic heterocycles. The van der Waals surface area contributed by atoms with Crippen molar-refractivity contribution >= 4 is 5.91 Å². The van der Waals surface area contributed by atoms with Gasteiger partial charge in [-0.25, -0.2) is 0 Å². The molecule has 0 saturated carbocycles. The molecule has 0 rings (SSSR count). The zero-order valence-corrected chi connectivity index (χ0v) is 4.97. The Hall–Kier alpha value is -0.990. The minimum Gasteiger partial charge on any atom is -0.388 e. The number of rotatable bonds is 2. The third-order valence-electron chi connectivity index (χ3n) is 0.407. The maximum Gasteiger partial charge on any atom is 0.249 e. The predicted octanol–water partition coefficient (Wildman–Crippen LogP) is 0.588. The Bertz CT molecular complexity index is 98.6. The molecule has 0 saturated heterocycles. The molecule has 0 aliphatic rings. The van der Waals surface area contributed by atoms with E-state index in [0.29, 0.717) is 0 Å². The fraction of sp³-hybridized carbons (Fsp3) is 0.400. The van der Waals surface area contributed by atoms with Crippen LogP contribution >= 0.6 is 0 Å². The Labute approximate surface area is 48.3 Å². The summed E-state index contributed by atoms with van der Waals surface area (Å²) in [6, 6.07) is 0. The zero-order valence-electron chi connectivity index (χ0n) is 4.97. The maximum absolute atomic E-state index is 10.0. The van der Waals surface area contributed by atoms with E-state index in [1.165, 1.54) is 13.2 Å². The molecule has 8 heavy (non-hydrogen) atoms. The van der Waals surface area contributed by atoms with Crippen LogP contribution in [-0.4, -0.2) is 5.91 Å². The summed E-state index contributed by atoms with van der Waals surface area (Å²) in [6.07, 6.45) is 3.07. The Morgan fingerprint density at radius 2 is 2.38 bits per heavy atom. The van der Waals surface area contributed by atoms with Crippen LogP contribution in [0.1, 0.15) is 13.8 Å². The molecule has 0 heterocycles. The van der Waals surface area contributed by atoms with Crippen LogP contribution in [0.3, 0.4) is 0 Å². The van der Waals surface area contributed by atoms with Gasteiger partial charge in [-0.3, -0.25) is 4.79 Å². The molecule has 0 radical (unpaired) electrons. The number of hydrogen-bond donors (Lipinski definition) is 1. The van der Waals surface area contributed by atoms with Gasteiger partial charge in [-0.05, 0) is 13.0 Å². The summed E-state index contributed by atoms with van der Waals surface area (Å²) in [5.41, 5.74) is 2.12. The minimum absolute atomic E-state index is 0.205. The van der Waals surface area contributed by atoms with E-state index in [2.05, 4.69) is 10.3 Å². The average Bonchev–Trinajstić information content (AvgIpc) is 1.66. The van der Waals surface area contributed by atoms with Crippen molar-refractivity contribution in [1.29, 1.82) is 0 Å². The molecule has 3 nitrogen and oxygen atoms in total. The number of nitrogens with one attached hydrogen (secondary N) is 1. The van der Waals surface area contributed by atoms with Crippen LogP contribution in [0.5, 0.6) is 0 Å². The van der Waals surface area contributed by atoms with Crippen molar-refractivity contribution in [3.05, 3.63) is 12.3 Å². The maximum atomic E-state index is 10.0. The van der Waals surface area contributed by atoms with Crippen molar-refractivity contribution in [3.63, 3.8) is 0 Å². The highest BCUT2D eigenvalue weighted by Gasteiger charge is 1.81. The van der Waals surface area contributed by atoms with E-state index in [4.69, 9.17) is 0 Å². The van der Waals surface area contributed by atoms with Gasteiger partial charge in [0.15, 0.2) is 0 Å². The van der Waals surface area contributed by atoms with Gasteiger partial charge < -0.3 is 4.84 Å². The largest absolute Gasteiger partial charge is 0.388 e. The molecule has 0 aliphatic carbocycles.